The molecule has 4 aromatic rings. The minimum absolute atomic E-state index is 0.226. The average molecular weight is 444 g/mol. The summed E-state index contributed by atoms with van der Waals surface area (Å²) in [7, 11) is 0. The van der Waals surface area contributed by atoms with Crippen LogP contribution < -0.4 is 10.1 Å². The summed E-state index contributed by atoms with van der Waals surface area (Å²) < 4.78 is 9.38. The molecular formula is C26H29N5O2. The number of aromatic nitrogens is 4. The zero-order valence-corrected chi connectivity index (χ0v) is 19.7. The van der Waals surface area contributed by atoms with Crippen molar-refractivity contribution in [2.75, 3.05) is 5.32 Å². The first-order valence-corrected chi connectivity index (χ1v) is 10.9. The van der Waals surface area contributed by atoms with Crippen molar-refractivity contribution in [1.82, 2.24) is 19.6 Å². The maximum Gasteiger partial charge on any atom is 0.276 e. The molecule has 1 N–H and O–H groups in total. The number of carbonyl (C=O) groups excluding carboxylic acids is 1. The molecule has 0 saturated heterocycles. The molecule has 7 heteroatoms. The van der Waals surface area contributed by atoms with Gasteiger partial charge < -0.3 is 10.1 Å². The number of ether oxygens (including phenoxy) is 1. The topological polar surface area (TPSA) is 74.0 Å². The van der Waals surface area contributed by atoms with Gasteiger partial charge in [-0.15, -0.1) is 0 Å². The molecule has 170 valence electrons. The van der Waals surface area contributed by atoms with Crippen molar-refractivity contribution < 1.29 is 9.53 Å². The van der Waals surface area contributed by atoms with Gasteiger partial charge in [-0.1, -0.05) is 42.0 Å². The highest BCUT2D eigenvalue weighted by molar-refractivity contribution is 6.03. The lowest BCUT2D eigenvalue weighted by atomic mass is 10.1. The van der Waals surface area contributed by atoms with Gasteiger partial charge in [0, 0.05) is 6.20 Å². The predicted molar refractivity (Wildman–Crippen MR) is 129 cm³/mol. The summed E-state index contributed by atoms with van der Waals surface area (Å²) in [4.78, 5) is 12.9. The van der Waals surface area contributed by atoms with E-state index in [1.165, 1.54) is 16.7 Å². The first-order chi connectivity index (χ1) is 15.8. The normalized spacial score (nSPS) is 10.9. The molecule has 0 saturated carbocycles. The molecule has 0 radical (unpaired) electrons. The summed E-state index contributed by atoms with van der Waals surface area (Å²) in [6.45, 7) is 10.9. The fraction of sp³-hybridized carbons (Fsp3) is 0.269. The molecule has 2 heterocycles. The van der Waals surface area contributed by atoms with Crippen molar-refractivity contribution >= 4 is 11.6 Å². The number of nitrogens with one attached hydrogen (secondary N) is 1. The van der Waals surface area contributed by atoms with Crippen LogP contribution in [0.3, 0.4) is 0 Å². The minimum Gasteiger partial charge on any atom is -0.471 e. The van der Waals surface area contributed by atoms with E-state index in [9.17, 15) is 4.79 Å². The second kappa shape index (κ2) is 9.32. The molecule has 0 aliphatic carbocycles. The van der Waals surface area contributed by atoms with Crippen molar-refractivity contribution in [2.45, 2.75) is 47.9 Å². The van der Waals surface area contributed by atoms with E-state index in [4.69, 9.17) is 4.74 Å². The van der Waals surface area contributed by atoms with Crippen molar-refractivity contribution in [2.24, 2.45) is 0 Å². The summed E-state index contributed by atoms with van der Waals surface area (Å²) in [6.07, 6.45) is 1.74. The molecule has 0 atom stereocenters. The van der Waals surface area contributed by atoms with E-state index in [0.717, 1.165) is 28.4 Å². The zero-order valence-electron chi connectivity index (χ0n) is 19.7. The Morgan fingerprint density at radius 2 is 1.76 bits per heavy atom. The van der Waals surface area contributed by atoms with Gasteiger partial charge in [0.1, 0.15) is 5.75 Å². The summed E-state index contributed by atoms with van der Waals surface area (Å²) in [5, 5.41) is 12.0. The van der Waals surface area contributed by atoms with Gasteiger partial charge in [-0.25, -0.2) is 4.68 Å². The molecule has 0 aliphatic heterocycles. The van der Waals surface area contributed by atoms with E-state index >= 15 is 0 Å². The van der Waals surface area contributed by atoms with Gasteiger partial charge in [0.2, 0.25) is 0 Å². The van der Waals surface area contributed by atoms with Crippen LogP contribution in [0.25, 0.3) is 0 Å². The van der Waals surface area contributed by atoms with Gasteiger partial charge in [-0.05, 0) is 63.4 Å². The Morgan fingerprint density at radius 3 is 2.52 bits per heavy atom. The lowest BCUT2D eigenvalue weighted by Crippen LogP contribution is -2.15. The van der Waals surface area contributed by atoms with E-state index in [-0.39, 0.29) is 12.6 Å². The molecule has 33 heavy (non-hydrogen) atoms. The van der Waals surface area contributed by atoms with Crippen LogP contribution in [-0.2, 0) is 13.3 Å². The second-order valence-corrected chi connectivity index (χ2v) is 8.37. The van der Waals surface area contributed by atoms with E-state index in [0.29, 0.717) is 12.2 Å². The highest BCUT2D eigenvalue weighted by atomic mass is 16.5. The third-order valence-corrected chi connectivity index (χ3v) is 5.76. The van der Waals surface area contributed by atoms with Crippen LogP contribution in [-0.4, -0.2) is 25.5 Å². The van der Waals surface area contributed by atoms with E-state index in [2.05, 4.69) is 40.6 Å². The Labute approximate surface area is 194 Å². The summed E-state index contributed by atoms with van der Waals surface area (Å²) >= 11 is 0. The second-order valence-electron chi connectivity index (χ2n) is 8.37. The monoisotopic (exact) mass is 443 g/mol. The third kappa shape index (κ3) is 4.98. The highest BCUT2D eigenvalue weighted by Crippen LogP contribution is 2.22. The number of hydrogen-bond donors (Lipinski definition) is 1. The van der Waals surface area contributed by atoms with Gasteiger partial charge in [-0.3, -0.25) is 9.48 Å². The number of benzene rings is 2. The molecule has 1 amide bonds. The van der Waals surface area contributed by atoms with Gasteiger partial charge in [0.15, 0.2) is 12.4 Å². The van der Waals surface area contributed by atoms with E-state index < -0.39 is 0 Å². The molecule has 7 nitrogen and oxygen atoms in total. The maximum atomic E-state index is 12.9. The summed E-state index contributed by atoms with van der Waals surface area (Å²) in [5.74, 6) is 0.524. The van der Waals surface area contributed by atoms with Crippen LogP contribution in [0.1, 0.15) is 44.1 Å². The lowest BCUT2D eigenvalue weighted by molar-refractivity contribution is 0.102. The molecule has 0 bridgehead atoms. The van der Waals surface area contributed by atoms with Gasteiger partial charge in [0.05, 0.1) is 23.6 Å². The Morgan fingerprint density at radius 1 is 0.970 bits per heavy atom. The summed E-state index contributed by atoms with van der Waals surface area (Å²) in [6, 6.07) is 15.9. The molecule has 2 aromatic carbocycles. The number of aryl methyl sites for hydroxylation is 4. The first kappa shape index (κ1) is 22.3. The Kier molecular flexibility index (Phi) is 6.31. The van der Waals surface area contributed by atoms with E-state index in [1.54, 1.807) is 16.9 Å². The van der Waals surface area contributed by atoms with Crippen LogP contribution in [0, 0.1) is 34.6 Å². The smallest absolute Gasteiger partial charge is 0.276 e. The zero-order chi connectivity index (χ0) is 23.5. The quantitative estimate of drug-likeness (QED) is 0.438. The van der Waals surface area contributed by atoms with Crippen LogP contribution in [0.15, 0.2) is 54.7 Å². The summed E-state index contributed by atoms with van der Waals surface area (Å²) in [5.41, 5.74) is 7.38. The van der Waals surface area contributed by atoms with Gasteiger partial charge in [-0.2, -0.15) is 10.2 Å². The number of hydrogen-bond acceptors (Lipinski definition) is 4. The molecular weight excluding hydrogens is 414 g/mol. The number of amides is 1. The van der Waals surface area contributed by atoms with Crippen molar-refractivity contribution in [3.05, 3.63) is 94.1 Å². The largest absolute Gasteiger partial charge is 0.471 e. The van der Waals surface area contributed by atoms with Crippen molar-refractivity contribution in [3.8, 4) is 5.75 Å². The number of rotatable bonds is 7. The highest BCUT2D eigenvalue weighted by Gasteiger charge is 2.17. The number of carbonyl (C=O) groups is 1. The Hall–Kier alpha value is -3.87. The molecule has 0 spiro atoms. The van der Waals surface area contributed by atoms with Gasteiger partial charge in [0.25, 0.3) is 5.91 Å². The predicted octanol–water partition coefficient (Wildman–Crippen LogP) is 4.96. The lowest BCUT2D eigenvalue weighted by Gasteiger charge is -2.10. The fourth-order valence-electron chi connectivity index (χ4n) is 3.81. The minimum atomic E-state index is -0.276. The fourth-order valence-corrected chi connectivity index (χ4v) is 3.81. The van der Waals surface area contributed by atoms with Crippen LogP contribution in [0.2, 0.25) is 0 Å². The molecule has 4 rings (SSSR count). The molecule has 2 aromatic heterocycles. The van der Waals surface area contributed by atoms with Gasteiger partial charge >= 0.3 is 0 Å². The van der Waals surface area contributed by atoms with E-state index in [1.807, 2.05) is 56.6 Å². The standard InChI is InChI=1S/C26H29N5O2/c1-17-10-11-24(19(3)14-17)33-16-30-13-12-23(29-30)26(32)27-25-20(4)28-31(21(25)5)15-22-9-7-6-8-18(22)2/h6-14H,15-16H2,1-5H3,(H,27,32). The number of nitrogens with zero attached hydrogens (tertiary/aromatic N) is 4. The molecule has 0 unspecified atom stereocenters. The Bertz CT molecular complexity index is 1300. The van der Waals surface area contributed by atoms with Crippen molar-refractivity contribution in [3.63, 3.8) is 0 Å². The first-order valence-electron chi connectivity index (χ1n) is 10.9. The average Bonchev–Trinajstić information content (AvgIpc) is 3.35. The number of anilines is 1. The maximum absolute atomic E-state index is 12.9. The van der Waals surface area contributed by atoms with Crippen LogP contribution >= 0.6 is 0 Å². The Balaban J connectivity index is 1.43. The van der Waals surface area contributed by atoms with Crippen molar-refractivity contribution in [1.29, 1.82) is 0 Å². The molecule has 0 fully saturated rings. The van der Waals surface area contributed by atoms with Crippen LogP contribution in [0.4, 0.5) is 5.69 Å². The van der Waals surface area contributed by atoms with Crippen LogP contribution in [0.5, 0.6) is 5.75 Å². The molecule has 0 aliphatic rings. The SMILES string of the molecule is Cc1ccc(OCn2ccc(C(=O)Nc3c(C)nn(Cc4ccccc4C)c3C)n2)c(C)c1. The third-order valence-electron chi connectivity index (χ3n) is 5.76.